The van der Waals surface area contributed by atoms with Crippen molar-refractivity contribution in [3.8, 4) is 0 Å². The number of carbonyl (C=O) groups is 1. The third-order valence-corrected chi connectivity index (χ3v) is 4.92. The minimum absolute atomic E-state index is 0.0337. The van der Waals surface area contributed by atoms with Gasteiger partial charge in [0.15, 0.2) is 0 Å². The maximum absolute atomic E-state index is 10.6. The van der Waals surface area contributed by atoms with Crippen LogP contribution in [0.4, 0.5) is 0 Å². The molecule has 82 valence electrons. The van der Waals surface area contributed by atoms with Crippen LogP contribution in [0.1, 0.15) is 22.7 Å². The van der Waals surface area contributed by atoms with E-state index < -0.39 is 5.97 Å². The highest BCUT2D eigenvalue weighted by atomic mass is 32.2. The van der Waals surface area contributed by atoms with E-state index in [9.17, 15) is 4.79 Å². The third-order valence-electron chi connectivity index (χ3n) is 2.22. The van der Waals surface area contributed by atoms with Crippen molar-refractivity contribution in [3.05, 3.63) is 23.7 Å². The Bertz CT molecular complexity index is 342. The summed E-state index contributed by atoms with van der Waals surface area (Å²) in [6, 6.07) is 3.26. The van der Waals surface area contributed by atoms with Gasteiger partial charge in [-0.15, -0.1) is 11.8 Å². The van der Waals surface area contributed by atoms with Crippen molar-refractivity contribution in [2.75, 3.05) is 11.5 Å². The molecule has 0 spiro atoms. The Morgan fingerprint density at radius 3 is 3.13 bits per heavy atom. The molecule has 2 heterocycles. The van der Waals surface area contributed by atoms with Gasteiger partial charge in [-0.3, -0.25) is 0 Å². The summed E-state index contributed by atoms with van der Waals surface area (Å²) < 4.78 is 5.18. The zero-order valence-corrected chi connectivity index (χ0v) is 9.77. The van der Waals surface area contributed by atoms with E-state index in [0.717, 1.165) is 11.5 Å². The molecule has 1 aliphatic heterocycles. The molecule has 0 aromatic carbocycles. The predicted octanol–water partition coefficient (Wildman–Crippen LogP) is 2.72. The molecule has 0 radical (unpaired) electrons. The first kappa shape index (κ1) is 11.0. The molecule has 1 aromatic heterocycles. The van der Waals surface area contributed by atoms with Crippen molar-refractivity contribution >= 4 is 29.5 Å². The van der Waals surface area contributed by atoms with Crippen molar-refractivity contribution < 1.29 is 14.3 Å². The van der Waals surface area contributed by atoms with Crippen molar-refractivity contribution in [3.63, 3.8) is 0 Å². The first-order valence-corrected chi connectivity index (χ1v) is 6.97. The summed E-state index contributed by atoms with van der Waals surface area (Å²) in [7, 11) is 0. The van der Waals surface area contributed by atoms with Gasteiger partial charge in [0.25, 0.3) is 0 Å². The standard InChI is InChI=1S/C10H12O3S2/c11-10(12)9-2-1-7(13-9)5-15-8-3-4-14-6-8/h1-2,8H,3-6H2,(H,11,12). The maximum Gasteiger partial charge on any atom is 0.371 e. The molecule has 0 saturated carbocycles. The Balaban J connectivity index is 1.84. The first-order chi connectivity index (χ1) is 7.25. The maximum atomic E-state index is 10.6. The number of furan rings is 1. The first-order valence-electron chi connectivity index (χ1n) is 4.77. The molecule has 1 fully saturated rings. The Hall–Kier alpha value is -0.550. The molecule has 0 amide bonds. The molecule has 1 atom stereocenters. The quantitative estimate of drug-likeness (QED) is 0.882. The lowest BCUT2D eigenvalue weighted by atomic mass is 10.4. The van der Waals surface area contributed by atoms with Crippen molar-refractivity contribution in [1.29, 1.82) is 0 Å². The molecule has 0 aliphatic carbocycles. The van der Waals surface area contributed by atoms with Gasteiger partial charge in [-0.2, -0.15) is 11.8 Å². The fourth-order valence-corrected chi connectivity index (χ4v) is 4.12. The minimum Gasteiger partial charge on any atom is -0.475 e. The second-order valence-corrected chi connectivity index (χ2v) is 5.81. The minimum atomic E-state index is -0.998. The van der Waals surface area contributed by atoms with Crippen LogP contribution in [0, 0.1) is 0 Å². The van der Waals surface area contributed by atoms with Gasteiger partial charge in [0.2, 0.25) is 5.76 Å². The van der Waals surface area contributed by atoms with Crippen LogP contribution >= 0.6 is 23.5 Å². The summed E-state index contributed by atoms with van der Waals surface area (Å²) >= 11 is 3.84. The zero-order chi connectivity index (χ0) is 10.7. The van der Waals surface area contributed by atoms with Gasteiger partial charge in [-0.1, -0.05) is 0 Å². The molecular weight excluding hydrogens is 232 g/mol. The Morgan fingerprint density at radius 1 is 1.67 bits per heavy atom. The van der Waals surface area contributed by atoms with Gasteiger partial charge < -0.3 is 9.52 Å². The predicted molar refractivity (Wildman–Crippen MR) is 62.7 cm³/mol. The van der Waals surface area contributed by atoms with Crippen LogP contribution in [0.25, 0.3) is 0 Å². The summed E-state index contributed by atoms with van der Waals surface area (Å²) in [5, 5.41) is 9.38. The van der Waals surface area contributed by atoms with Gasteiger partial charge in [0.05, 0.1) is 5.75 Å². The normalized spacial score (nSPS) is 20.7. The summed E-state index contributed by atoms with van der Waals surface area (Å²) in [6.07, 6.45) is 1.25. The Labute approximate surface area is 96.6 Å². The molecule has 5 heteroatoms. The van der Waals surface area contributed by atoms with Crippen LogP contribution in [0.5, 0.6) is 0 Å². The molecule has 15 heavy (non-hydrogen) atoms. The average molecular weight is 244 g/mol. The second-order valence-electron chi connectivity index (χ2n) is 3.37. The van der Waals surface area contributed by atoms with Gasteiger partial charge in [-0.25, -0.2) is 4.79 Å². The molecule has 2 rings (SSSR count). The Morgan fingerprint density at radius 2 is 2.53 bits per heavy atom. The molecule has 1 aromatic rings. The smallest absolute Gasteiger partial charge is 0.371 e. The highest BCUT2D eigenvalue weighted by Gasteiger charge is 2.17. The number of hydrogen-bond acceptors (Lipinski definition) is 4. The van der Waals surface area contributed by atoms with E-state index in [1.807, 2.05) is 23.5 Å². The fraction of sp³-hybridized carbons (Fsp3) is 0.500. The van der Waals surface area contributed by atoms with Crippen LogP contribution < -0.4 is 0 Å². The van der Waals surface area contributed by atoms with E-state index in [-0.39, 0.29) is 5.76 Å². The molecule has 1 N–H and O–H groups in total. The van der Waals surface area contributed by atoms with E-state index in [1.54, 1.807) is 6.07 Å². The number of thioether (sulfide) groups is 2. The topological polar surface area (TPSA) is 50.4 Å². The highest BCUT2D eigenvalue weighted by Crippen LogP contribution is 2.30. The number of carboxylic acids is 1. The van der Waals surface area contributed by atoms with Crippen molar-refractivity contribution in [2.24, 2.45) is 0 Å². The zero-order valence-electron chi connectivity index (χ0n) is 8.14. The summed E-state index contributed by atoms with van der Waals surface area (Å²) in [5.74, 6) is 3.02. The lowest BCUT2D eigenvalue weighted by Crippen LogP contribution is -1.99. The van der Waals surface area contributed by atoms with Crippen LogP contribution in [0.15, 0.2) is 16.5 Å². The molecule has 1 saturated heterocycles. The molecule has 0 bridgehead atoms. The molecular formula is C10H12O3S2. The third kappa shape index (κ3) is 2.95. The van der Waals surface area contributed by atoms with Crippen molar-refractivity contribution in [1.82, 2.24) is 0 Å². The van der Waals surface area contributed by atoms with Crippen LogP contribution in [0.3, 0.4) is 0 Å². The van der Waals surface area contributed by atoms with E-state index in [2.05, 4.69) is 0 Å². The molecule has 1 aliphatic rings. The van der Waals surface area contributed by atoms with Crippen molar-refractivity contribution in [2.45, 2.75) is 17.4 Å². The van der Waals surface area contributed by atoms with Crippen LogP contribution in [0.2, 0.25) is 0 Å². The number of aromatic carboxylic acids is 1. The van der Waals surface area contributed by atoms with E-state index >= 15 is 0 Å². The highest BCUT2D eigenvalue weighted by molar-refractivity contribution is 8.03. The van der Waals surface area contributed by atoms with Crippen LogP contribution in [-0.2, 0) is 5.75 Å². The number of carboxylic acid groups (broad SMARTS) is 1. The lowest BCUT2D eigenvalue weighted by molar-refractivity contribution is 0.0661. The SMILES string of the molecule is O=C(O)c1ccc(CSC2CCSC2)o1. The van der Waals surface area contributed by atoms with E-state index in [0.29, 0.717) is 5.25 Å². The fourth-order valence-electron chi connectivity index (χ4n) is 1.41. The monoisotopic (exact) mass is 244 g/mol. The van der Waals surface area contributed by atoms with Gasteiger partial charge in [-0.05, 0) is 24.3 Å². The Kier molecular flexibility index (Phi) is 3.64. The number of hydrogen-bond donors (Lipinski definition) is 1. The van der Waals surface area contributed by atoms with Gasteiger partial charge in [0.1, 0.15) is 5.76 Å². The van der Waals surface area contributed by atoms with Gasteiger partial charge in [0, 0.05) is 11.0 Å². The van der Waals surface area contributed by atoms with E-state index in [1.165, 1.54) is 24.0 Å². The number of rotatable bonds is 4. The summed E-state index contributed by atoms with van der Waals surface area (Å²) in [4.78, 5) is 10.6. The second kappa shape index (κ2) is 4.99. The van der Waals surface area contributed by atoms with E-state index in [4.69, 9.17) is 9.52 Å². The largest absolute Gasteiger partial charge is 0.475 e. The summed E-state index contributed by atoms with van der Waals surface area (Å²) in [6.45, 7) is 0. The molecule has 3 nitrogen and oxygen atoms in total. The molecule has 1 unspecified atom stereocenters. The average Bonchev–Trinajstić information content (AvgIpc) is 2.86. The lowest BCUT2D eigenvalue weighted by Gasteiger charge is -2.05. The van der Waals surface area contributed by atoms with Crippen LogP contribution in [-0.4, -0.2) is 27.8 Å². The van der Waals surface area contributed by atoms with Gasteiger partial charge >= 0.3 is 5.97 Å². The summed E-state index contributed by atoms with van der Waals surface area (Å²) in [5.41, 5.74) is 0.